The van der Waals surface area contributed by atoms with Crippen molar-refractivity contribution in [2.24, 2.45) is 10.8 Å². The molecule has 0 aliphatic carbocycles. The first-order valence-corrected chi connectivity index (χ1v) is 6.13. The van der Waals surface area contributed by atoms with Gasteiger partial charge in [-0.2, -0.15) is 0 Å². The molecule has 0 fully saturated rings. The van der Waals surface area contributed by atoms with Crippen molar-refractivity contribution in [3.8, 4) is 0 Å². The second kappa shape index (κ2) is 5.67. The van der Waals surface area contributed by atoms with Crippen LogP contribution in [0.3, 0.4) is 0 Å². The van der Waals surface area contributed by atoms with E-state index in [4.69, 9.17) is 0 Å². The zero-order chi connectivity index (χ0) is 13.0. The highest BCUT2D eigenvalue weighted by Crippen LogP contribution is 2.20. The largest absolute Gasteiger partial charge is 0.356 e. The fraction of sp³-hybridized carbons (Fsp3) is 0.923. The van der Waals surface area contributed by atoms with Gasteiger partial charge in [0.25, 0.3) is 0 Å². The second-order valence-electron chi connectivity index (χ2n) is 6.21. The summed E-state index contributed by atoms with van der Waals surface area (Å²) in [5, 5.41) is 6.31. The van der Waals surface area contributed by atoms with E-state index in [1.165, 1.54) is 0 Å². The second-order valence-corrected chi connectivity index (χ2v) is 6.21. The maximum atomic E-state index is 11.8. The Morgan fingerprint density at radius 3 is 2.06 bits per heavy atom. The van der Waals surface area contributed by atoms with Crippen molar-refractivity contribution in [2.75, 3.05) is 13.1 Å². The summed E-state index contributed by atoms with van der Waals surface area (Å²) >= 11 is 0. The summed E-state index contributed by atoms with van der Waals surface area (Å²) in [6.45, 7) is 16.0. The smallest absolute Gasteiger partial charge is 0.226 e. The van der Waals surface area contributed by atoms with E-state index in [2.05, 4.69) is 38.3 Å². The van der Waals surface area contributed by atoms with Crippen LogP contribution in [0.25, 0.3) is 0 Å². The van der Waals surface area contributed by atoms with Crippen molar-refractivity contribution in [2.45, 2.75) is 54.5 Å². The lowest BCUT2D eigenvalue weighted by molar-refractivity contribution is -0.129. The summed E-state index contributed by atoms with van der Waals surface area (Å²) in [6.07, 6.45) is 0. The van der Waals surface area contributed by atoms with Crippen LogP contribution in [-0.2, 0) is 4.79 Å². The SMILES string of the molecule is CCNC(=O)C(C)(C)CNC(C)C(C)(C)C. The molecule has 0 rings (SSSR count). The average molecular weight is 228 g/mol. The number of hydrogen-bond donors (Lipinski definition) is 2. The van der Waals surface area contributed by atoms with E-state index in [1.807, 2.05) is 20.8 Å². The third-order valence-electron chi connectivity index (χ3n) is 3.10. The minimum Gasteiger partial charge on any atom is -0.356 e. The zero-order valence-corrected chi connectivity index (χ0v) is 11.9. The van der Waals surface area contributed by atoms with E-state index in [0.29, 0.717) is 19.1 Å². The van der Waals surface area contributed by atoms with Crippen LogP contribution >= 0.6 is 0 Å². The van der Waals surface area contributed by atoms with Gasteiger partial charge in [0.15, 0.2) is 0 Å². The van der Waals surface area contributed by atoms with Crippen LogP contribution < -0.4 is 10.6 Å². The van der Waals surface area contributed by atoms with E-state index in [-0.39, 0.29) is 16.7 Å². The Labute approximate surface area is 100 Å². The number of rotatable bonds is 5. The maximum Gasteiger partial charge on any atom is 0.226 e. The Hall–Kier alpha value is -0.570. The first kappa shape index (κ1) is 15.4. The molecule has 1 amide bonds. The summed E-state index contributed by atoms with van der Waals surface area (Å²) in [5.74, 6) is 0.114. The molecule has 0 aliphatic rings. The van der Waals surface area contributed by atoms with Crippen molar-refractivity contribution >= 4 is 5.91 Å². The zero-order valence-electron chi connectivity index (χ0n) is 11.9. The molecule has 0 saturated carbocycles. The van der Waals surface area contributed by atoms with Crippen molar-refractivity contribution in [3.05, 3.63) is 0 Å². The number of carbonyl (C=O) groups is 1. The number of amides is 1. The molecule has 3 heteroatoms. The molecule has 0 aliphatic heterocycles. The molecule has 3 nitrogen and oxygen atoms in total. The quantitative estimate of drug-likeness (QED) is 0.757. The molecule has 0 aromatic heterocycles. The third-order valence-corrected chi connectivity index (χ3v) is 3.10. The van der Waals surface area contributed by atoms with Crippen LogP contribution in [-0.4, -0.2) is 25.0 Å². The van der Waals surface area contributed by atoms with Gasteiger partial charge in [-0.05, 0) is 33.1 Å². The van der Waals surface area contributed by atoms with E-state index >= 15 is 0 Å². The maximum absolute atomic E-state index is 11.8. The molecule has 1 unspecified atom stereocenters. The third kappa shape index (κ3) is 4.97. The van der Waals surface area contributed by atoms with Gasteiger partial charge >= 0.3 is 0 Å². The molecule has 0 heterocycles. The van der Waals surface area contributed by atoms with Crippen LogP contribution in [0, 0.1) is 10.8 Å². The Morgan fingerprint density at radius 2 is 1.69 bits per heavy atom. The summed E-state index contributed by atoms with van der Waals surface area (Å²) in [6, 6.07) is 0.390. The molecule has 0 aromatic carbocycles. The molecule has 2 N–H and O–H groups in total. The molecule has 96 valence electrons. The lowest BCUT2D eigenvalue weighted by Crippen LogP contribution is -2.48. The van der Waals surface area contributed by atoms with Crippen molar-refractivity contribution < 1.29 is 4.79 Å². The van der Waals surface area contributed by atoms with Crippen molar-refractivity contribution in [1.29, 1.82) is 0 Å². The average Bonchev–Trinajstić information content (AvgIpc) is 2.13. The molecule has 0 aromatic rings. The van der Waals surface area contributed by atoms with Crippen molar-refractivity contribution in [3.63, 3.8) is 0 Å². The molecular weight excluding hydrogens is 200 g/mol. The summed E-state index contributed by atoms with van der Waals surface area (Å²) in [5.41, 5.74) is -0.132. The summed E-state index contributed by atoms with van der Waals surface area (Å²) in [4.78, 5) is 11.8. The first-order chi connectivity index (χ1) is 7.11. The topological polar surface area (TPSA) is 41.1 Å². The predicted octanol–water partition coefficient (Wildman–Crippen LogP) is 2.17. The predicted molar refractivity (Wildman–Crippen MR) is 69.4 cm³/mol. The number of carbonyl (C=O) groups excluding carboxylic acids is 1. The van der Waals surface area contributed by atoms with Gasteiger partial charge in [-0.15, -0.1) is 0 Å². The van der Waals surface area contributed by atoms with Crippen LogP contribution in [0.5, 0.6) is 0 Å². The molecule has 16 heavy (non-hydrogen) atoms. The molecular formula is C13H28N2O. The lowest BCUT2D eigenvalue weighted by Gasteiger charge is -2.32. The molecule has 0 saturated heterocycles. The Kier molecular flexibility index (Phi) is 5.47. The highest BCUT2D eigenvalue weighted by atomic mass is 16.2. The molecule has 0 spiro atoms. The molecule has 1 atom stereocenters. The first-order valence-electron chi connectivity index (χ1n) is 6.13. The van der Waals surface area contributed by atoms with Gasteiger partial charge in [-0.1, -0.05) is 20.8 Å². The number of nitrogens with one attached hydrogen (secondary N) is 2. The van der Waals surface area contributed by atoms with Crippen molar-refractivity contribution in [1.82, 2.24) is 10.6 Å². The van der Waals surface area contributed by atoms with Gasteiger partial charge in [0.1, 0.15) is 0 Å². The van der Waals surface area contributed by atoms with Gasteiger partial charge in [0.05, 0.1) is 5.41 Å². The van der Waals surface area contributed by atoms with E-state index < -0.39 is 0 Å². The van der Waals surface area contributed by atoms with Crippen LogP contribution in [0.2, 0.25) is 0 Å². The lowest BCUT2D eigenvalue weighted by atomic mass is 9.86. The minimum absolute atomic E-state index is 0.114. The van der Waals surface area contributed by atoms with Gasteiger partial charge in [0.2, 0.25) is 5.91 Å². The monoisotopic (exact) mass is 228 g/mol. The Morgan fingerprint density at radius 1 is 1.19 bits per heavy atom. The molecule has 0 radical (unpaired) electrons. The minimum atomic E-state index is -0.352. The molecule has 0 bridgehead atoms. The normalized spacial score (nSPS) is 14.7. The standard InChI is InChI=1S/C13H28N2O/c1-8-14-11(16)13(6,7)9-15-10(2)12(3,4)5/h10,15H,8-9H2,1-7H3,(H,14,16). The summed E-state index contributed by atoms with van der Waals surface area (Å²) < 4.78 is 0. The Bertz CT molecular complexity index is 229. The van der Waals surface area contributed by atoms with Crippen LogP contribution in [0.1, 0.15) is 48.5 Å². The van der Waals surface area contributed by atoms with Crippen LogP contribution in [0.4, 0.5) is 0 Å². The highest BCUT2D eigenvalue weighted by Gasteiger charge is 2.29. The van der Waals surface area contributed by atoms with E-state index in [0.717, 1.165) is 0 Å². The van der Waals surface area contributed by atoms with E-state index in [9.17, 15) is 4.79 Å². The van der Waals surface area contributed by atoms with E-state index in [1.54, 1.807) is 0 Å². The highest BCUT2D eigenvalue weighted by molar-refractivity contribution is 5.81. The van der Waals surface area contributed by atoms with Gasteiger partial charge in [0, 0.05) is 19.1 Å². The Balaban J connectivity index is 4.23. The summed E-state index contributed by atoms with van der Waals surface area (Å²) in [7, 11) is 0. The fourth-order valence-corrected chi connectivity index (χ4v) is 1.19. The number of hydrogen-bond acceptors (Lipinski definition) is 2. The van der Waals surface area contributed by atoms with Gasteiger partial charge < -0.3 is 10.6 Å². The fourth-order valence-electron chi connectivity index (χ4n) is 1.19. The van der Waals surface area contributed by atoms with Gasteiger partial charge in [-0.3, -0.25) is 4.79 Å². The van der Waals surface area contributed by atoms with Gasteiger partial charge in [-0.25, -0.2) is 0 Å². The van der Waals surface area contributed by atoms with Crippen LogP contribution in [0.15, 0.2) is 0 Å².